The van der Waals surface area contributed by atoms with Gasteiger partial charge >= 0.3 is 0 Å². The average molecular weight is 383 g/mol. The molecule has 0 unspecified atom stereocenters. The number of benzene rings is 2. The third kappa shape index (κ3) is 5.63. The lowest BCUT2D eigenvalue weighted by Crippen LogP contribution is -2.36. The van der Waals surface area contributed by atoms with Crippen LogP contribution in [0.15, 0.2) is 53.5 Å². The maximum Gasteiger partial charge on any atom is 0.258 e. The topological polar surface area (TPSA) is 62.7 Å². The SMILES string of the molecule is CC(C)c1ccc(NC(=NC[C@@H]2CCCO2)NC(=O)c2cccc(F)c2)cc1. The molecule has 1 fully saturated rings. The van der Waals surface area contributed by atoms with E-state index in [9.17, 15) is 9.18 Å². The van der Waals surface area contributed by atoms with Gasteiger partial charge in [0.25, 0.3) is 5.91 Å². The Morgan fingerprint density at radius 3 is 2.68 bits per heavy atom. The second kappa shape index (κ2) is 9.46. The Balaban J connectivity index is 1.74. The van der Waals surface area contributed by atoms with Crippen molar-refractivity contribution < 1.29 is 13.9 Å². The fourth-order valence-corrected chi connectivity index (χ4v) is 2.99. The van der Waals surface area contributed by atoms with Crippen molar-refractivity contribution in [2.75, 3.05) is 18.5 Å². The van der Waals surface area contributed by atoms with E-state index in [4.69, 9.17) is 4.74 Å². The Labute approximate surface area is 165 Å². The molecule has 1 aliphatic heterocycles. The molecule has 28 heavy (non-hydrogen) atoms. The van der Waals surface area contributed by atoms with Crippen LogP contribution in [0.1, 0.15) is 48.5 Å². The van der Waals surface area contributed by atoms with Crippen molar-refractivity contribution in [2.24, 2.45) is 4.99 Å². The zero-order chi connectivity index (χ0) is 19.9. The summed E-state index contributed by atoms with van der Waals surface area (Å²) in [5.74, 6) is -0.115. The lowest BCUT2D eigenvalue weighted by Gasteiger charge is -2.14. The molecule has 0 saturated carbocycles. The Bertz CT molecular complexity index is 828. The normalized spacial score (nSPS) is 17.0. The number of amides is 1. The van der Waals surface area contributed by atoms with Gasteiger partial charge in [-0.05, 0) is 54.7 Å². The monoisotopic (exact) mass is 383 g/mol. The van der Waals surface area contributed by atoms with E-state index in [-0.39, 0.29) is 11.7 Å². The van der Waals surface area contributed by atoms with Gasteiger partial charge in [0.05, 0.1) is 12.6 Å². The van der Waals surface area contributed by atoms with Crippen LogP contribution in [-0.4, -0.2) is 31.1 Å². The highest BCUT2D eigenvalue weighted by Crippen LogP contribution is 2.17. The largest absolute Gasteiger partial charge is 0.376 e. The minimum atomic E-state index is -0.456. The van der Waals surface area contributed by atoms with E-state index in [1.807, 2.05) is 24.3 Å². The fourth-order valence-electron chi connectivity index (χ4n) is 2.99. The highest BCUT2D eigenvalue weighted by Gasteiger charge is 2.16. The number of rotatable bonds is 5. The number of anilines is 1. The summed E-state index contributed by atoms with van der Waals surface area (Å²) in [7, 11) is 0. The van der Waals surface area contributed by atoms with Gasteiger partial charge in [0, 0.05) is 17.9 Å². The zero-order valence-corrected chi connectivity index (χ0v) is 16.2. The number of carbonyl (C=O) groups is 1. The molecule has 148 valence electrons. The highest BCUT2D eigenvalue weighted by molar-refractivity contribution is 6.09. The molecule has 1 heterocycles. The summed E-state index contributed by atoms with van der Waals surface area (Å²) in [4.78, 5) is 17.0. The quantitative estimate of drug-likeness (QED) is 0.597. The molecular weight excluding hydrogens is 357 g/mol. The molecule has 2 aromatic carbocycles. The molecule has 0 bridgehead atoms. The Kier molecular flexibility index (Phi) is 6.76. The van der Waals surface area contributed by atoms with Crippen LogP contribution in [0.25, 0.3) is 0 Å². The standard InChI is InChI=1S/C22H26FN3O2/c1-15(2)16-8-10-19(11-9-16)25-22(24-14-20-7-4-12-28-20)26-21(27)17-5-3-6-18(23)13-17/h3,5-6,8-11,13,15,20H,4,7,12,14H2,1-2H3,(H2,24,25,26,27)/t20-/m0/s1. The number of aliphatic imine (C=N–C) groups is 1. The van der Waals surface area contributed by atoms with Crippen molar-refractivity contribution >= 4 is 17.6 Å². The minimum absolute atomic E-state index is 0.0613. The van der Waals surface area contributed by atoms with Crippen molar-refractivity contribution in [1.29, 1.82) is 0 Å². The zero-order valence-electron chi connectivity index (χ0n) is 16.2. The molecule has 2 N–H and O–H groups in total. The molecule has 0 aromatic heterocycles. The van der Waals surface area contributed by atoms with Crippen LogP contribution in [0.2, 0.25) is 0 Å². The Hall–Kier alpha value is -2.73. The number of ether oxygens (including phenoxy) is 1. The molecule has 1 aliphatic rings. The molecular formula is C22H26FN3O2. The van der Waals surface area contributed by atoms with Crippen molar-refractivity contribution in [3.63, 3.8) is 0 Å². The van der Waals surface area contributed by atoms with Crippen molar-refractivity contribution in [3.8, 4) is 0 Å². The molecule has 0 aliphatic carbocycles. The van der Waals surface area contributed by atoms with E-state index in [1.165, 1.54) is 23.8 Å². The minimum Gasteiger partial charge on any atom is -0.376 e. The van der Waals surface area contributed by atoms with E-state index < -0.39 is 11.7 Å². The van der Waals surface area contributed by atoms with Gasteiger partial charge in [0.15, 0.2) is 0 Å². The number of nitrogens with one attached hydrogen (secondary N) is 2. The summed E-state index contributed by atoms with van der Waals surface area (Å²) in [6.07, 6.45) is 2.04. The average Bonchev–Trinajstić information content (AvgIpc) is 3.20. The van der Waals surface area contributed by atoms with Crippen LogP contribution in [0, 0.1) is 5.82 Å². The van der Waals surface area contributed by atoms with E-state index in [0.29, 0.717) is 18.4 Å². The van der Waals surface area contributed by atoms with Crippen LogP contribution in [0.3, 0.4) is 0 Å². The van der Waals surface area contributed by atoms with Crippen LogP contribution >= 0.6 is 0 Å². The van der Waals surface area contributed by atoms with E-state index >= 15 is 0 Å². The number of halogens is 1. The molecule has 1 saturated heterocycles. The third-order valence-electron chi connectivity index (χ3n) is 4.64. The summed E-state index contributed by atoms with van der Waals surface area (Å²) in [6, 6.07) is 13.6. The van der Waals surface area contributed by atoms with Crippen LogP contribution in [0.4, 0.5) is 10.1 Å². The fraction of sp³-hybridized carbons (Fsp3) is 0.364. The molecule has 1 atom stereocenters. The van der Waals surface area contributed by atoms with Crippen LogP contribution < -0.4 is 10.6 Å². The van der Waals surface area contributed by atoms with Crippen molar-refractivity contribution in [2.45, 2.75) is 38.7 Å². The summed E-state index contributed by atoms with van der Waals surface area (Å²) >= 11 is 0. The van der Waals surface area contributed by atoms with Gasteiger partial charge in [-0.3, -0.25) is 10.1 Å². The number of guanidine groups is 1. The summed E-state index contributed by atoms with van der Waals surface area (Å²) in [6.45, 7) is 5.47. The van der Waals surface area contributed by atoms with E-state index in [2.05, 4.69) is 29.5 Å². The van der Waals surface area contributed by atoms with Gasteiger partial charge in [-0.1, -0.05) is 32.0 Å². The van der Waals surface area contributed by atoms with E-state index in [1.54, 1.807) is 6.07 Å². The number of hydrogen-bond donors (Lipinski definition) is 2. The Morgan fingerprint density at radius 1 is 1.25 bits per heavy atom. The van der Waals surface area contributed by atoms with E-state index in [0.717, 1.165) is 25.1 Å². The lowest BCUT2D eigenvalue weighted by atomic mass is 10.0. The molecule has 5 nitrogen and oxygen atoms in total. The van der Waals surface area contributed by atoms with Crippen molar-refractivity contribution in [1.82, 2.24) is 5.32 Å². The second-order valence-corrected chi connectivity index (χ2v) is 7.19. The molecule has 6 heteroatoms. The summed E-state index contributed by atoms with van der Waals surface area (Å²) in [5.41, 5.74) is 2.28. The van der Waals surface area contributed by atoms with Crippen LogP contribution in [0.5, 0.6) is 0 Å². The highest BCUT2D eigenvalue weighted by atomic mass is 19.1. The first-order valence-corrected chi connectivity index (χ1v) is 9.61. The van der Waals surface area contributed by atoms with Gasteiger partial charge in [0.2, 0.25) is 5.96 Å². The second-order valence-electron chi connectivity index (χ2n) is 7.19. The number of nitrogens with zero attached hydrogens (tertiary/aromatic N) is 1. The predicted octanol–water partition coefficient (Wildman–Crippen LogP) is 4.33. The molecule has 0 spiro atoms. The Morgan fingerprint density at radius 2 is 2.04 bits per heavy atom. The number of hydrogen-bond acceptors (Lipinski definition) is 3. The first-order valence-electron chi connectivity index (χ1n) is 9.61. The van der Waals surface area contributed by atoms with Gasteiger partial charge in [-0.2, -0.15) is 0 Å². The molecule has 1 amide bonds. The maximum absolute atomic E-state index is 13.4. The summed E-state index contributed by atoms with van der Waals surface area (Å²) < 4.78 is 19.0. The first-order chi connectivity index (χ1) is 13.5. The third-order valence-corrected chi connectivity index (χ3v) is 4.64. The molecule has 0 radical (unpaired) electrons. The lowest BCUT2D eigenvalue weighted by molar-refractivity contribution is 0.0975. The predicted molar refractivity (Wildman–Crippen MR) is 109 cm³/mol. The van der Waals surface area contributed by atoms with Gasteiger partial charge in [-0.15, -0.1) is 0 Å². The van der Waals surface area contributed by atoms with Gasteiger partial charge < -0.3 is 10.1 Å². The van der Waals surface area contributed by atoms with Gasteiger partial charge in [0.1, 0.15) is 5.82 Å². The van der Waals surface area contributed by atoms with Crippen molar-refractivity contribution in [3.05, 3.63) is 65.5 Å². The maximum atomic E-state index is 13.4. The summed E-state index contributed by atoms with van der Waals surface area (Å²) in [5, 5.41) is 5.90. The van der Waals surface area contributed by atoms with Crippen LogP contribution in [-0.2, 0) is 4.74 Å². The molecule has 3 rings (SSSR count). The first kappa shape index (κ1) is 20.0. The number of carbonyl (C=O) groups excluding carboxylic acids is 1. The molecule has 2 aromatic rings. The smallest absolute Gasteiger partial charge is 0.258 e. The van der Waals surface area contributed by atoms with Gasteiger partial charge in [-0.25, -0.2) is 9.38 Å².